The number of nitrogens with zero attached hydrogens (tertiary/aromatic N) is 2. The van der Waals surface area contributed by atoms with Crippen LogP contribution in [0.4, 0.5) is 0 Å². The third kappa shape index (κ3) is 2.37. The molecule has 0 fully saturated rings. The Kier molecular flexibility index (Phi) is 3.28. The topological polar surface area (TPSA) is 39.8 Å². The number of aryl methyl sites for hydroxylation is 1. The summed E-state index contributed by atoms with van der Waals surface area (Å²) in [6.45, 7) is 12.6. The van der Waals surface area contributed by atoms with Crippen LogP contribution in [0.5, 0.6) is 5.75 Å². The van der Waals surface area contributed by atoms with E-state index in [2.05, 4.69) is 31.9 Å². The molecule has 108 valence electrons. The minimum atomic E-state index is -0.217. The van der Waals surface area contributed by atoms with E-state index in [9.17, 15) is 5.11 Å². The molecule has 2 aromatic rings. The highest BCUT2D eigenvalue weighted by Gasteiger charge is 2.29. The molecule has 3 nitrogen and oxygen atoms in total. The van der Waals surface area contributed by atoms with E-state index in [1.165, 1.54) is 0 Å². The second kappa shape index (κ2) is 4.44. The van der Waals surface area contributed by atoms with E-state index < -0.39 is 0 Å². The highest BCUT2D eigenvalue weighted by atomic mass is 16.3. The fourth-order valence-electron chi connectivity index (χ4n) is 2.74. The summed E-state index contributed by atoms with van der Waals surface area (Å²) < 4.78 is 1.75. The van der Waals surface area contributed by atoms with Crippen LogP contribution in [0.1, 0.15) is 52.8 Å². The molecule has 0 spiro atoms. The number of fused-ring (bicyclic) bond motifs is 1. The zero-order valence-corrected chi connectivity index (χ0v) is 13.5. The standard InChI is InChI=1S/C17H24N2O/c1-16(2,3)12-10-8-9-11-13(12)18-19(7)15(14(11)20)17(4,5)6/h8-10H,1-7H3. The minimum Gasteiger partial charge on any atom is -0.868 e. The van der Waals surface area contributed by atoms with Crippen molar-refractivity contribution in [1.82, 2.24) is 5.10 Å². The lowest BCUT2D eigenvalue weighted by atomic mass is 9.84. The SMILES string of the molecule is C[n+]1nc2c(C(C)(C)C)cccc2c([O-])c1C(C)(C)C. The van der Waals surface area contributed by atoms with E-state index in [4.69, 9.17) is 0 Å². The van der Waals surface area contributed by atoms with Crippen molar-refractivity contribution in [2.45, 2.75) is 52.4 Å². The van der Waals surface area contributed by atoms with E-state index in [0.717, 1.165) is 22.2 Å². The molecule has 0 radical (unpaired) electrons. The fourth-order valence-corrected chi connectivity index (χ4v) is 2.74. The van der Waals surface area contributed by atoms with Crippen LogP contribution < -0.4 is 9.79 Å². The molecule has 0 saturated carbocycles. The second-order valence-corrected chi connectivity index (χ2v) is 7.50. The lowest BCUT2D eigenvalue weighted by molar-refractivity contribution is -0.740. The Morgan fingerprint density at radius 3 is 2.10 bits per heavy atom. The molecule has 1 heterocycles. The molecule has 0 aliphatic heterocycles. The molecule has 0 bridgehead atoms. The van der Waals surface area contributed by atoms with Gasteiger partial charge in [0.25, 0.3) is 0 Å². The van der Waals surface area contributed by atoms with Crippen LogP contribution in [0.25, 0.3) is 10.9 Å². The van der Waals surface area contributed by atoms with E-state index in [1.54, 1.807) is 4.68 Å². The molecule has 1 aromatic heterocycles. The summed E-state index contributed by atoms with van der Waals surface area (Å²) >= 11 is 0. The average Bonchev–Trinajstić information content (AvgIpc) is 2.24. The van der Waals surface area contributed by atoms with Crippen LogP contribution in [0, 0.1) is 0 Å². The van der Waals surface area contributed by atoms with Gasteiger partial charge in [-0.25, -0.2) is 0 Å². The van der Waals surface area contributed by atoms with Gasteiger partial charge in [0.1, 0.15) is 5.52 Å². The van der Waals surface area contributed by atoms with Gasteiger partial charge in [0.05, 0.1) is 0 Å². The molecule has 20 heavy (non-hydrogen) atoms. The minimum absolute atomic E-state index is 0.0325. The van der Waals surface area contributed by atoms with Crippen LogP contribution in [0.2, 0.25) is 0 Å². The quantitative estimate of drug-likeness (QED) is 0.692. The van der Waals surface area contributed by atoms with Gasteiger partial charge in [-0.05, 0) is 16.7 Å². The van der Waals surface area contributed by atoms with Gasteiger partial charge in [-0.1, -0.05) is 64.4 Å². The zero-order valence-electron chi connectivity index (χ0n) is 13.5. The van der Waals surface area contributed by atoms with Gasteiger partial charge in [-0.15, -0.1) is 0 Å². The lowest BCUT2D eigenvalue weighted by Crippen LogP contribution is -2.44. The van der Waals surface area contributed by atoms with Crippen molar-refractivity contribution >= 4 is 10.9 Å². The Morgan fingerprint density at radius 1 is 1.00 bits per heavy atom. The molecule has 0 atom stereocenters. The van der Waals surface area contributed by atoms with Crippen LogP contribution in [-0.2, 0) is 17.9 Å². The van der Waals surface area contributed by atoms with Crippen molar-refractivity contribution in [3.8, 4) is 5.75 Å². The highest BCUT2D eigenvalue weighted by molar-refractivity contribution is 5.87. The van der Waals surface area contributed by atoms with Gasteiger partial charge < -0.3 is 5.11 Å². The van der Waals surface area contributed by atoms with Gasteiger partial charge in [-0.2, -0.15) is 0 Å². The van der Waals surface area contributed by atoms with Crippen molar-refractivity contribution in [3.63, 3.8) is 0 Å². The zero-order chi connectivity index (χ0) is 15.3. The van der Waals surface area contributed by atoms with Gasteiger partial charge in [0.2, 0.25) is 5.69 Å². The smallest absolute Gasteiger partial charge is 0.206 e. The third-order valence-corrected chi connectivity index (χ3v) is 3.59. The van der Waals surface area contributed by atoms with Crippen molar-refractivity contribution < 1.29 is 9.79 Å². The molecule has 1 aromatic carbocycles. The first kappa shape index (κ1) is 14.8. The van der Waals surface area contributed by atoms with Crippen LogP contribution in [0.15, 0.2) is 18.2 Å². The molecular weight excluding hydrogens is 248 g/mol. The predicted molar refractivity (Wildman–Crippen MR) is 79.8 cm³/mol. The number of hydrogen-bond acceptors (Lipinski definition) is 2. The monoisotopic (exact) mass is 272 g/mol. The largest absolute Gasteiger partial charge is 0.868 e. The van der Waals surface area contributed by atoms with Crippen molar-refractivity contribution in [1.29, 1.82) is 0 Å². The molecular formula is C17H24N2O. The Morgan fingerprint density at radius 2 is 1.60 bits per heavy atom. The first-order valence-electron chi connectivity index (χ1n) is 7.04. The maximum absolute atomic E-state index is 12.8. The molecule has 2 rings (SSSR count). The summed E-state index contributed by atoms with van der Waals surface area (Å²) in [5, 5.41) is 18.2. The molecule has 3 heteroatoms. The van der Waals surface area contributed by atoms with Crippen molar-refractivity contribution in [3.05, 3.63) is 29.5 Å². The molecule has 0 N–H and O–H groups in total. The number of benzene rings is 1. The van der Waals surface area contributed by atoms with Crippen LogP contribution in [0.3, 0.4) is 0 Å². The maximum Gasteiger partial charge on any atom is 0.206 e. The summed E-state index contributed by atoms with van der Waals surface area (Å²) in [6, 6.07) is 5.90. The fraction of sp³-hybridized carbons (Fsp3) is 0.529. The van der Waals surface area contributed by atoms with Crippen molar-refractivity contribution in [2.75, 3.05) is 0 Å². The van der Waals surface area contributed by atoms with Gasteiger partial charge in [0, 0.05) is 15.9 Å². The summed E-state index contributed by atoms with van der Waals surface area (Å²) in [5.74, 6) is 0.0936. The van der Waals surface area contributed by atoms with E-state index in [0.29, 0.717) is 0 Å². The highest BCUT2D eigenvalue weighted by Crippen LogP contribution is 2.34. The van der Waals surface area contributed by atoms with Gasteiger partial charge in [-0.3, -0.25) is 0 Å². The Bertz CT molecular complexity index is 661. The Hall–Kier alpha value is -1.64. The number of rotatable bonds is 0. The van der Waals surface area contributed by atoms with E-state index in [-0.39, 0.29) is 16.6 Å². The van der Waals surface area contributed by atoms with Gasteiger partial charge in [0.15, 0.2) is 7.05 Å². The lowest BCUT2D eigenvalue weighted by Gasteiger charge is -2.25. The Labute approximate surface area is 121 Å². The molecule has 0 aliphatic rings. The first-order valence-corrected chi connectivity index (χ1v) is 7.04. The summed E-state index contributed by atoms with van der Waals surface area (Å²) in [4.78, 5) is 0. The van der Waals surface area contributed by atoms with Gasteiger partial charge >= 0.3 is 0 Å². The molecule has 0 unspecified atom stereocenters. The number of aromatic nitrogens is 2. The summed E-state index contributed by atoms with van der Waals surface area (Å²) in [7, 11) is 1.86. The predicted octanol–water partition coefficient (Wildman–Crippen LogP) is 2.73. The average molecular weight is 272 g/mol. The Balaban J connectivity index is 2.91. The molecule has 0 saturated heterocycles. The first-order chi connectivity index (χ1) is 9.03. The normalized spacial score (nSPS) is 12.9. The molecule has 0 aliphatic carbocycles. The van der Waals surface area contributed by atoms with Crippen LogP contribution >= 0.6 is 0 Å². The van der Waals surface area contributed by atoms with E-state index in [1.807, 2.05) is 40.0 Å². The third-order valence-electron chi connectivity index (χ3n) is 3.59. The maximum atomic E-state index is 12.8. The van der Waals surface area contributed by atoms with E-state index >= 15 is 0 Å². The second-order valence-electron chi connectivity index (χ2n) is 7.50. The van der Waals surface area contributed by atoms with Crippen LogP contribution in [-0.4, -0.2) is 5.10 Å². The summed E-state index contributed by atoms with van der Waals surface area (Å²) in [5.41, 5.74) is 2.43. The summed E-state index contributed by atoms with van der Waals surface area (Å²) in [6.07, 6.45) is 0. The number of hydrogen-bond donors (Lipinski definition) is 0. The molecule has 0 amide bonds. The van der Waals surface area contributed by atoms with Crippen molar-refractivity contribution in [2.24, 2.45) is 7.05 Å².